The highest BCUT2D eigenvalue weighted by molar-refractivity contribution is 5.35. The second-order valence-corrected chi connectivity index (χ2v) is 7.33. The van der Waals surface area contributed by atoms with Crippen molar-refractivity contribution >= 4 is 0 Å². The van der Waals surface area contributed by atoms with E-state index in [1.54, 1.807) is 11.1 Å². The molecule has 0 bridgehead atoms. The number of hydrogen-bond donors (Lipinski definition) is 1. The lowest BCUT2D eigenvalue weighted by atomic mass is 10.0. The highest BCUT2D eigenvalue weighted by atomic mass is 15.2. The number of fused-ring (bicyclic) bond motifs is 1. The van der Waals surface area contributed by atoms with Crippen LogP contribution in [0.5, 0.6) is 0 Å². The summed E-state index contributed by atoms with van der Waals surface area (Å²) in [7, 11) is 0. The lowest BCUT2D eigenvalue weighted by molar-refractivity contribution is 0.247. The molecule has 1 aliphatic heterocycles. The zero-order valence-corrected chi connectivity index (χ0v) is 13.7. The van der Waals surface area contributed by atoms with E-state index >= 15 is 0 Å². The van der Waals surface area contributed by atoms with Crippen LogP contribution in [-0.2, 0) is 19.4 Å². The van der Waals surface area contributed by atoms with Gasteiger partial charge in [0.2, 0.25) is 0 Å². The summed E-state index contributed by atoms with van der Waals surface area (Å²) in [6, 6.07) is 7.87. The van der Waals surface area contributed by atoms with Crippen molar-refractivity contribution in [2.75, 3.05) is 19.6 Å². The molecular formula is C19H30N2. The van der Waals surface area contributed by atoms with Crippen LogP contribution >= 0.6 is 0 Å². The van der Waals surface area contributed by atoms with Gasteiger partial charge in [-0.25, -0.2) is 0 Å². The predicted octanol–water partition coefficient (Wildman–Crippen LogP) is 3.39. The second kappa shape index (κ2) is 6.93. The van der Waals surface area contributed by atoms with Crippen LogP contribution in [0.25, 0.3) is 0 Å². The number of hydrogen-bond acceptors (Lipinski definition) is 2. The quantitative estimate of drug-likeness (QED) is 0.913. The van der Waals surface area contributed by atoms with Gasteiger partial charge in [0, 0.05) is 19.1 Å². The molecule has 3 rings (SSSR count). The molecule has 0 amide bonds. The van der Waals surface area contributed by atoms with Crippen molar-refractivity contribution in [1.82, 2.24) is 10.2 Å². The van der Waals surface area contributed by atoms with Crippen LogP contribution in [0.15, 0.2) is 18.2 Å². The van der Waals surface area contributed by atoms with E-state index in [9.17, 15) is 0 Å². The molecule has 0 saturated carbocycles. The van der Waals surface area contributed by atoms with Crippen LogP contribution in [0.3, 0.4) is 0 Å². The van der Waals surface area contributed by atoms with Crippen molar-refractivity contribution in [2.45, 2.75) is 58.5 Å². The first-order valence-electron chi connectivity index (χ1n) is 8.77. The molecule has 0 radical (unpaired) electrons. The Bertz CT molecular complexity index is 467. The van der Waals surface area contributed by atoms with Crippen molar-refractivity contribution in [1.29, 1.82) is 0 Å². The van der Waals surface area contributed by atoms with E-state index in [1.165, 1.54) is 57.3 Å². The molecule has 1 saturated heterocycles. The summed E-state index contributed by atoms with van der Waals surface area (Å²) in [5, 5.41) is 3.73. The van der Waals surface area contributed by atoms with E-state index in [0.717, 1.165) is 12.5 Å². The second-order valence-electron chi connectivity index (χ2n) is 7.33. The summed E-state index contributed by atoms with van der Waals surface area (Å²) >= 11 is 0. The summed E-state index contributed by atoms with van der Waals surface area (Å²) in [5.74, 6) is 0.780. The summed E-state index contributed by atoms with van der Waals surface area (Å²) in [4.78, 5) is 2.66. The SMILES string of the molecule is CC(C)CC1CN(Cc2ccc3c(c2)CCC3)CCCN1. The molecule has 2 heteroatoms. The summed E-state index contributed by atoms with van der Waals surface area (Å²) < 4.78 is 0. The molecule has 1 aromatic carbocycles. The van der Waals surface area contributed by atoms with Crippen LogP contribution in [0, 0.1) is 5.92 Å². The van der Waals surface area contributed by atoms with Crippen LogP contribution in [0.1, 0.15) is 49.8 Å². The standard InChI is InChI=1S/C19H30N2/c1-15(2)11-19-14-21(10-4-9-20-19)13-16-7-8-17-5-3-6-18(17)12-16/h7-8,12,15,19-20H,3-6,9-11,13-14H2,1-2H3. The first-order chi connectivity index (χ1) is 10.2. The molecule has 0 spiro atoms. The molecule has 1 fully saturated rings. The smallest absolute Gasteiger partial charge is 0.0234 e. The molecule has 116 valence electrons. The van der Waals surface area contributed by atoms with Crippen LogP contribution in [-0.4, -0.2) is 30.6 Å². The first-order valence-corrected chi connectivity index (χ1v) is 8.77. The molecule has 1 aliphatic carbocycles. The fraction of sp³-hybridized carbons (Fsp3) is 0.684. The number of nitrogens with zero attached hydrogens (tertiary/aromatic N) is 1. The Morgan fingerprint density at radius 2 is 2.05 bits per heavy atom. The van der Waals surface area contributed by atoms with Crippen molar-refractivity contribution in [3.63, 3.8) is 0 Å². The van der Waals surface area contributed by atoms with Gasteiger partial charge in [0.15, 0.2) is 0 Å². The minimum atomic E-state index is 0.668. The van der Waals surface area contributed by atoms with Gasteiger partial charge in [-0.05, 0) is 67.8 Å². The Labute approximate surface area is 129 Å². The van der Waals surface area contributed by atoms with Gasteiger partial charge in [0.05, 0.1) is 0 Å². The third-order valence-corrected chi connectivity index (χ3v) is 4.89. The number of nitrogens with one attached hydrogen (secondary N) is 1. The maximum atomic E-state index is 3.73. The Morgan fingerprint density at radius 1 is 1.19 bits per heavy atom. The number of benzene rings is 1. The largest absolute Gasteiger partial charge is 0.313 e. The molecule has 0 aromatic heterocycles. The lowest BCUT2D eigenvalue weighted by Gasteiger charge is -2.25. The summed E-state index contributed by atoms with van der Waals surface area (Å²) in [6.07, 6.45) is 6.50. The normalized spacial score (nSPS) is 23.3. The molecule has 21 heavy (non-hydrogen) atoms. The zero-order chi connectivity index (χ0) is 14.7. The molecular weight excluding hydrogens is 256 g/mol. The highest BCUT2D eigenvalue weighted by Gasteiger charge is 2.19. The Balaban J connectivity index is 1.62. The first kappa shape index (κ1) is 15.1. The Kier molecular flexibility index (Phi) is 4.97. The Morgan fingerprint density at radius 3 is 2.90 bits per heavy atom. The third kappa shape index (κ3) is 4.08. The maximum absolute atomic E-state index is 3.73. The van der Waals surface area contributed by atoms with Crippen LogP contribution in [0.4, 0.5) is 0 Å². The highest BCUT2D eigenvalue weighted by Crippen LogP contribution is 2.23. The van der Waals surface area contributed by atoms with Crippen molar-refractivity contribution < 1.29 is 0 Å². The fourth-order valence-electron chi connectivity index (χ4n) is 3.93. The summed E-state index contributed by atoms with van der Waals surface area (Å²) in [5.41, 5.74) is 4.72. The number of aryl methyl sites for hydroxylation is 2. The van der Waals surface area contributed by atoms with Gasteiger partial charge in [-0.3, -0.25) is 4.90 Å². The van der Waals surface area contributed by atoms with E-state index < -0.39 is 0 Å². The average Bonchev–Trinajstić information content (AvgIpc) is 2.79. The van der Waals surface area contributed by atoms with E-state index in [-0.39, 0.29) is 0 Å². The maximum Gasteiger partial charge on any atom is 0.0234 e. The zero-order valence-electron chi connectivity index (χ0n) is 13.7. The Hall–Kier alpha value is -0.860. The molecule has 2 aliphatic rings. The van der Waals surface area contributed by atoms with Crippen molar-refractivity contribution in [2.24, 2.45) is 5.92 Å². The molecule has 1 atom stereocenters. The molecule has 2 nitrogen and oxygen atoms in total. The predicted molar refractivity (Wildman–Crippen MR) is 89.6 cm³/mol. The summed E-state index contributed by atoms with van der Waals surface area (Å²) in [6.45, 7) is 9.41. The molecule has 1 heterocycles. The molecule has 1 aromatic rings. The van der Waals surface area contributed by atoms with Gasteiger partial charge in [-0.1, -0.05) is 32.0 Å². The minimum Gasteiger partial charge on any atom is -0.313 e. The van der Waals surface area contributed by atoms with Crippen LogP contribution < -0.4 is 5.32 Å². The fourth-order valence-corrected chi connectivity index (χ4v) is 3.93. The van der Waals surface area contributed by atoms with Gasteiger partial charge >= 0.3 is 0 Å². The van der Waals surface area contributed by atoms with Gasteiger partial charge in [-0.15, -0.1) is 0 Å². The third-order valence-electron chi connectivity index (χ3n) is 4.89. The number of rotatable bonds is 4. The van der Waals surface area contributed by atoms with Gasteiger partial charge < -0.3 is 5.32 Å². The van der Waals surface area contributed by atoms with Gasteiger partial charge in [0.25, 0.3) is 0 Å². The topological polar surface area (TPSA) is 15.3 Å². The van der Waals surface area contributed by atoms with Gasteiger partial charge in [0.1, 0.15) is 0 Å². The van der Waals surface area contributed by atoms with E-state index in [2.05, 4.69) is 42.3 Å². The minimum absolute atomic E-state index is 0.668. The van der Waals surface area contributed by atoms with Crippen LogP contribution in [0.2, 0.25) is 0 Å². The lowest BCUT2D eigenvalue weighted by Crippen LogP contribution is -2.38. The molecule has 1 unspecified atom stereocenters. The average molecular weight is 286 g/mol. The van der Waals surface area contributed by atoms with E-state index in [1.807, 2.05) is 0 Å². The van der Waals surface area contributed by atoms with Crippen molar-refractivity contribution in [3.05, 3.63) is 34.9 Å². The van der Waals surface area contributed by atoms with Crippen molar-refractivity contribution in [3.8, 4) is 0 Å². The van der Waals surface area contributed by atoms with Gasteiger partial charge in [-0.2, -0.15) is 0 Å². The van der Waals surface area contributed by atoms with E-state index in [0.29, 0.717) is 6.04 Å². The molecule has 1 N–H and O–H groups in total. The van der Waals surface area contributed by atoms with E-state index in [4.69, 9.17) is 0 Å². The monoisotopic (exact) mass is 286 g/mol.